The number of para-hydroxylation sites is 2. The number of hydrogen-bond donors (Lipinski definition) is 0. The normalized spacial score (nSPS) is 14.1. The fourth-order valence-electron chi connectivity index (χ4n) is 5.75. The Balaban J connectivity index is 1.27. The van der Waals surface area contributed by atoms with Crippen LogP contribution < -0.4 is 9.21 Å². The van der Waals surface area contributed by atoms with E-state index in [-0.39, 0.29) is 22.9 Å². The van der Waals surface area contributed by atoms with E-state index in [1.54, 1.807) is 41.5 Å². The lowest BCUT2D eigenvalue weighted by atomic mass is 10.1. The van der Waals surface area contributed by atoms with Gasteiger partial charge >= 0.3 is 6.18 Å². The number of piperazine rings is 1. The third-order valence-electron chi connectivity index (χ3n) is 8.29. The highest BCUT2D eigenvalue weighted by Gasteiger charge is 2.32. The van der Waals surface area contributed by atoms with Gasteiger partial charge in [-0.3, -0.25) is 9.10 Å². The second kappa shape index (κ2) is 12.6. The minimum Gasteiger partial charge on any atom is -0.464 e. The molecule has 6 rings (SSSR count). The summed E-state index contributed by atoms with van der Waals surface area (Å²) in [6.07, 6.45) is -2.39. The molecule has 0 spiro atoms. The Bertz CT molecular complexity index is 1950. The summed E-state index contributed by atoms with van der Waals surface area (Å²) in [6, 6.07) is 26.1. The smallest absolute Gasteiger partial charge is 0.416 e. The number of aryl methyl sites for hydroxylation is 1. The molecule has 0 atom stereocenters. The number of fused-ring (bicyclic) bond motifs is 1. The number of sulfonamides is 1. The Kier molecular flexibility index (Phi) is 8.52. The number of hydrogen-bond acceptors (Lipinski definition) is 5. The van der Waals surface area contributed by atoms with Crippen molar-refractivity contribution in [1.82, 2.24) is 4.90 Å². The summed E-state index contributed by atoms with van der Waals surface area (Å²) < 4.78 is 74.8. The quantitative estimate of drug-likeness (QED) is 0.179. The predicted octanol–water partition coefficient (Wildman–Crippen LogP) is 7.16. The maximum absolute atomic E-state index is 14.4. The summed E-state index contributed by atoms with van der Waals surface area (Å²) in [5.74, 6) is -0.348. The van der Waals surface area contributed by atoms with Crippen LogP contribution in [0.25, 0.3) is 11.0 Å². The molecule has 46 heavy (non-hydrogen) atoms. The van der Waals surface area contributed by atoms with Crippen molar-refractivity contribution in [2.75, 3.05) is 41.9 Å². The van der Waals surface area contributed by atoms with Gasteiger partial charge in [-0.05, 0) is 79.1 Å². The number of anilines is 2. The summed E-state index contributed by atoms with van der Waals surface area (Å²) in [6.45, 7) is 3.53. The van der Waals surface area contributed by atoms with E-state index in [4.69, 9.17) is 4.42 Å². The van der Waals surface area contributed by atoms with Crippen LogP contribution in [0.5, 0.6) is 0 Å². The van der Waals surface area contributed by atoms with Gasteiger partial charge in [-0.15, -0.1) is 0 Å². The van der Waals surface area contributed by atoms with Crippen molar-refractivity contribution in [1.29, 1.82) is 0 Å². The fourth-order valence-corrected chi connectivity index (χ4v) is 7.25. The summed E-state index contributed by atoms with van der Waals surface area (Å²) in [7, 11) is -4.03. The minimum absolute atomic E-state index is 0.152. The molecule has 1 saturated heterocycles. The van der Waals surface area contributed by atoms with Crippen molar-refractivity contribution in [2.45, 2.75) is 24.4 Å². The Labute approximate surface area is 265 Å². The van der Waals surface area contributed by atoms with Crippen LogP contribution in [0.2, 0.25) is 0 Å². The van der Waals surface area contributed by atoms with Crippen LogP contribution in [0.4, 0.5) is 24.5 Å². The van der Waals surface area contributed by atoms with Gasteiger partial charge in [-0.25, -0.2) is 8.42 Å². The summed E-state index contributed by atoms with van der Waals surface area (Å²) in [4.78, 5) is 16.9. The van der Waals surface area contributed by atoms with E-state index in [0.717, 1.165) is 28.6 Å². The Morgan fingerprint density at radius 3 is 2.24 bits per heavy atom. The molecule has 1 aromatic heterocycles. The molecule has 1 aliphatic rings. The molecular weight excluding hydrogens is 615 g/mol. The van der Waals surface area contributed by atoms with Crippen molar-refractivity contribution in [3.05, 3.63) is 126 Å². The van der Waals surface area contributed by atoms with Gasteiger partial charge < -0.3 is 14.2 Å². The van der Waals surface area contributed by atoms with E-state index in [0.29, 0.717) is 49.6 Å². The maximum Gasteiger partial charge on any atom is 0.416 e. The van der Waals surface area contributed by atoms with Crippen molar-refractivity contribution >= 4 is 38.3 Å². The molecule has 7 nitrogen and oxygen atoms in total. The zero-order valence-corrected chi connectivity index (χ0v) is 25.9. The molecule has 0 N–H and O–H groups in total. The van der Waals surface area contributed by atoms with E-state index in [1.807, 2.05) is 54.3 Å². The van der Waals surface area contributed by atoms with Crippen LogP contribution in [-0.2, 0) is 22.6 Å². The van der Waals surface area contributed by atoms with Gasteiger partial charge in [0.25, 0.3) is 15.9 Å². The van der Waals surface area contributed by atoms with Gasteiger partial charge in [0, 0.05) is 43.7 Å². The maximum atomic E-state index is 14.4. The number of rotatable bonds is 8. The number of amides is 1. The van der Waals surface area contributed by atoms with Gasteiger partial charge in [0.05, 0.1) is 28.1 Å². The molecule has 0 radical (unpaired) electrons. The van der Waals surface area contributed by atoms with Crippen LogP contribution >= 0.6 is 0 Å². The van der Waals surface area contributed by atoms with Crippen molar-refractivity contribution < 1.29 is 30.8 Å². The van der Waals surface area contributed by atoms with Crippen molar-refractivity contribution in [3.63, 3.8) is 0 Å². The minimum atomic E-state index is -4.48. The number of furan rings is 1. The second-order valence-corrected chi connectivity index (χ2v) is 13.1. The van der Waals surface area contributed by atoms with Crippen LogP contribution in [0.3, 0.4) is 0 Å². The third-order valence-corrected chi connectivity index (χ3v) is 10.1. The summed E-state index contributed by atoms with van der Waals surface area (Å²) in [5.41, 5.74) is 3.05. The zero-order valence-electron chi connectivity index (χ0n) is 25.1. The summed E-state index contributed by atoms with van der Waals surface area (Å²) >= 11 is 0. The molecule has 0 unspecified atom stereocenters. The highest BCUT2D eigenvalue weighted by molar-refractivity contribution is 7.92. The van der Waals surface area contributed by atoms with Gasteiger partial charge in [0.2, 0.25) is 0 Å². The number of carbonyl (C=O) groups is 1. The van der Waals surface area contributed by atoms with E-state index in [9.17, 15) is 26.4 Å². The number of carbonyl (C=O) groups excluding carboxylic acids is 1. The predicted molar refractivity (Wildman–Crippen MR) is 172 cm³/mol. The zero-order chi connectivity index (χ0) is 32.5. The number of halogens is 3. The standard InChI is InChI=1S/C35H32F3N3O4S/c1-25-24-45-33-16-15-29(23-30(25)33)46(43,44)41(18-17-26-7-3-2-4-8-26)32-10-6-5-9-31(32)39-19-21-40(22-20-39)34(42)27-11-13-28(14-12-27)35(36,37)38/h2-16,23-24H,17-22H2,1H3. The molecular formula is C35H32F3N3O4S. The van der Waals surface area contributed by atoms with Crippen LogP contribution in [0.1, 0.15) is 27.0 Å². The molecule has 0 bridgehead atoms. The molecule has 4 aromatic carbocycles. The first-order valence-corrected chi connectivity index (χ1v) is 16.3. The second-order valence-electron chi connectivity index (χ2n) is 11.2. The first kappa shape index (κ1) is 31.2. The Morgan fingerprint density at radius 1 is 0.870 bits per heavy atom. The highest BCUT2D eigenvalue weighted by Crippen LogP contribution is 2.36. The summed E-state index contributed by atoms with van der Waals surface area (Å²) in [5, 5.41) is 0.728. The average molecular weight is 648 g/mol. The van der Waals surface area contributed by atoms with Crippen molar-refractivity contribution in [2.24, 2.45) is 0 Å². The highest BCUT2D eigenvalue weighted by atomic mass is 32.2. The molecule has 1 aliphatic heterocycles. The van der Waals surface area contributed by atoms with Gasteiger partial charge in [0.1, 0.15) is 5.58 Å². The van der Waals surface area contributed by atoms with Crippen LogP contribution in [-0.4, -0.2) is 51.9 Å². The average Bonchev–Trinajstić information content (AvgIpc) is 3.44. The molecule has 0 aliphatic carbocycles. The van der Waals surface area contributed by atoms with E-state index < -0.39 is 21.8 Å². The van der Waals surface area contributed by atoms with E-state index in [2.05, 4.69) is 0 Å². The topological polar surface area (TPSA) is 74.1 Å². The lowest BCUT2D eigenvalue weighted by Gasteiger charge is -2.38. The van der Waals surface area contributed by atoms with Crippen LogP contribution in [0, 0.1) is 6.92 Å². The molecule has 1 amide bonds. The Morgan fingerprint density at radius 2 is 1.54 bits per heavy atom. The molecule has 2 heterocycles. The fraction of sp³-hybridized carbons (Fsp3) is 0.229. The molecule has 1 fully saturated rings. The molecule has 238 valence electrons. The Hall–Kier alpha value is -4.77. The first-order valence-electron chi connectivity index (χ1n) is 14.9. The van der Waals surface area contributed by atoms with Gasteiger partial charge in [0.15, 0.2) is 0 Å². The lowest BCUT2D eigenvalue weighted by Crippen LogP contribution is -2.49. The molecule has 11 heteroatoms. The number of alkyl halides is 3. The lowest BCUT2D eigenvalue weighted by molar-refractivity contribution is -0.137. The third kappa shape index (κ3) is 6.32. The van der Waals surface area contributed by atoms with Gasteiger partial charge in [-0.1, -0.05) is 42.5 Å². The number of nitrogens with zero attached hydrogens (tertiary/aromatic N) is 3. The van der Waals surface area contributed by atoms with E-state index >= 15 is 0 Å². The van der Waals surface area contributed by atoms with Crippen molar-refractivity contribution in [3.8, 4) is 0 Å². The SMILES string of the molecule is Cc1coc2ccc(S(=O)(=O)N(CCc3ccccc3)c3ccccc3N3CCN(C(=O)c4ccc(C(F)(F)F)cc4)CC3)cc12. The van der Waals surface area contributed by atoms with Gasteiger partial charge in [-0.2, -0.15) is 13.2 Å². The van der Waals surface area contributed by atoms with Crippen LogP contribution in [0.15, 0.2) is 113 Å². The molecule has 5 aromatic rings. The first-order chi connectivity index (χ1) is 22.0. The largest absolute Gasteiger partial charge is 0.464 e. The van der Waals surface area contributed by atoms with E-state index in [1.165, 1.54) is 16.4 Å². The number of benzene rings is 4. The molecule has 0 saturated carbocycles. The monoisotopic (exact) mass is 647 g/mol.